The molecule has 1 atom stereocenters. The minimum atomic E-state index is -0.417. The molecule has 6 rings (SSSR count). The average molecular weight is 493 g/mol. The summed E-state index contributed by atoms with van der Waals surface area (Å²) >= 11 is 0. The Morgan fingerprint density at radius 2 is 1.80 bits per heavy atom. The lowest BCUT2D eigenvalue weighted by atomic mass is 9.72. The van der Waals surface area contributed by atoms with E-state index >= 15 is 0 Å². The Bertz CT molecular complexity index is 1430. The van der Waals surface area contributed by atoms with E-state index in [1.807, 2.05) is 47.4 Å². The topological polar surface area (TPSA) is 97.5 Å². The summed E-state index contributed by atoms with van der Waals surface area (Å²) in [4.78, 5) is 20.3. The Morgan fingerprint density at radius 1 is 1.09 bits per heavy atom. The van der Waals surface area contributed by atoms with Crippen molar-refractivity contribution in [3.8, 4) is 22.5 Å². The second-order valence-corrected chi connectivity index (χ2v) is 9.60. The Labute approximate surface area is 209 Å². The van der Waals surface area contributed by atoms with Crippen molar-refractivity contribution >= 4 is 29.5 Å². The number of aliphatic hydroxyl groups excluding tert-OH is 1. The van der Waals surface area contributed by atoms with Gasteiger partial charge in [0.25, 0.3) is 5.56 Å². The fourth-order valence-corrected chi connectivity index (χ4v) is 5.21. The summed E-state index contributed by atoms with van der Waals surface area (Å²) in [5, 5.41) is 10.5. The highest BCUT2D eigenvalue weighted by Crippen LogP contribution is 2.42. The van der Waals surface area contributed by atoms with Crippen LogP contribution >= 0.6 is 12.4 Å². The predicted molar refractivity (Wildman–Crippen MR) is 140 cm³/mol. The molecule has 1 aliphatic carbocycles. The van der Waals surface area contributed by atoms with E-state index in [9.17, 15) is 9.90 Å². The van der Waals surface area contributed by atoms with Crippen molar-refractivity contribution in [3.05, 3.63) is 70.5 Å². The van der Waals surface area contributed by atoms with Gasteiger partial charge in [-0.05, 0) is 36.8 Å². The van der Waals surface area contributed by atoms with Crippen LogP contribution in [0, 0.1) is 0 Å². The zero-order chi connectivity index (χ0) is 23.4. The number of hydrogen-bond acceptors (Lipinski definition) is 6. The van der Waals surface area contributed by atoms with Crippen LogP contribution in [0.5, 0.6) is 0 Å². The molecule has 1 unspecified atom stereocenters. The molecule has 35 heavy (non-hydrogen) atoms. The first kappa shape index (κ1) is 23.6. The lowest BCUT2D eigenvalue weighted by molar-refractivity contribution is 0.198. The fourth-order valence-electron chi connectivity index (χ4n) is 5.21. The van der Waals surface area contributed by atoms with Crippen LogP contribution < -0.4 is 16.2 Å². The summed E-state index contributed by atoms with van der Waals surface area (Å²) in [6.07, 6.45) is 3.40. The monoisotopic (exact) mass is 492 g/mol. The highest BCUT2D eigenvalue weighted by molar-refractivity contribution is 6.00. The molecule has 2 aliphatic rings. The third-order valence-corrected chi connectivity index (χ3v) is 7.39. The maximum Gasteiger partial charge on any atom is 0.266 e. The number of anilines is 1. The Hall–Kier alpha value is -3.13. The van der Waals surface area contributed by atoms with Crippen LogP contribution in [0.2, 0.25) is 0 Å². The smallest absolute Gasteiger partial charge is 0.266 e. The van der Waals surface area contributed by atoms with Gasteiger partial charge in [-0.15, -0.1) is 12.4 Å². The van der Waals surface area contributed by atoms with Gasteiger partial charge < -0.3 is 20.2 Å². The number of hydrogen-bond donors (Lipinski definition) is 2. The Balaban J connectivity index is 0.00000253. The fraction of sp³-hybridized carbons (Fsp3) is 0.333. The summed E-state index contributed by atoms with van der Waals surface area (Å²) in [7, 11) is 1.73. The molecule has 0 amide bonds. The number of halogens is 1. The van der Waals surface area contributed by atoms with Crippen molar-refractivity contribution < 1.29 is 9.52 Å². The van der Waals surface area contributed by atoms with Gasteiger partial charge in [-0.1, -0.05) is 54.6 Å². The standard InChI is InChI=1S/C27H28N4O3.ClH/c1-30-25(33)22-21(17-6-3-2-4-7-17)23(18-8-10-19(11-9-18)27(28)13-5-14-27)34-24(22)29-26(30)31-15-12-20(32)16-31;/h2-4,6-11,20,32H,5,12-16,28H2,1H3;1H. The first-order valence-electron chi connectivity index (χ1n) is 11.9. The zero-order valence-corrected chi connectivity index (χ0v) is 20.4. The van der Waals surface area contributed by atoms with E-state index in [4.69, 9.17) is 15.1 Å². The van der Waals surface area contributed by atoms with E-state index in [1.54, 1.807) is 11.6 Å². The van der Waals surface area contributed by atoms with E-state index in [2.05, 4.69) is 12.1 Å². The third kappa shape index (κ3) is 3.84. The Kier molecular flexibility index (Phi) is 5.95. The number of nitrogens with two attached hydrogens (primary N) is 1. The molecule has 182 valence electrons. The van der Waals surface area contributed by atoms with Crippen LogP contribution in [0.4, 0.5) is 5.95 Å². The molecule has 4 aromatic rings. The predicted octanol–water partition coefficient (Wildman–Crippen LogP) is 4.19. The quantitative estimate of drug-likeness (QED) is 0.443. The van der Waals surface area contributed by atoms with Crippen LogP contribution in [0.15, 0.2) is 63.8 Å². The van der Waals surface area contributed by atoms with Crippen molar-refractivity contribution in [2.24, 2.45) is 12.8 Å². The Morgan fingerprint density at radius 3 is 2.40 bits per heavy atom. The number of fused-ring (bicyclic) bond motifs is 1. The summed E-state index contributed by atoms with van der Waals surface area (Å²) in [6.45, 7) is 1.10. The van der Waals surface area contributed by atoms with E-state index in [-0.39, 0.29) is 23.5 Å². The van der Waals surface area contributed by atoms with E-state index in [1.165, 1.54) is 0 Å². The number of nitrogens with zero attached hydrogens (tertiary/aromatic N) is 3. The van der Waals surface area contributed by atoms with Gasteiger partial charge >= 0.3 is 0 Å². The molecule has 3 N–H and O–H groups in total. The molecule has 0 radical (unpaired) electrons. The summed E-state index contributed by atoms with van der Waals surface area (Å²) in [6, 6.07) is 18.0. The molecule has 2 aromatic carbocycles. The second-order valence-electron chi connectivity index (χ2n) is 9.60. The number of rotatable bonds is 4. The molecule has 1 aliphatic heterocycles. The van der Waals surface area contributed by atoms with E-state index in [0.29, 0.717) is 42.3 Å². The van der Waals surface area contributed by atoms with Gasteiger partial charge in [0.1, 0.15) is 11.1 Å². The van der Waals surface area contributed by atoms with Gasteiger partial charge in [-0.25, -0.2) is 0 Å². The van der Waals surface area contributed by atoms with Gasteiger partial charge in [0.15, 0.2) is 0 Å². The van der Waals surface area contributed by atoms with Crippen LogP contribution in [0.1, 0.15) is 31.2 Å². The molecular weight excluding hydrogens is 464 g/mol. The molecule has 1 saturated carbocycles. The SMILES string of the molecule is Cl.Cn1c(N2CCC(O)C2)nc2oc(-c3ccc(C4(N)CCC4)cc3)c(-c3ccccc3)c2c1=O. The first-order chi connectivity index (χ1) is 16.4. The zero-order valence-electron chi connectivity index (χ0n) is 19.6. The van der Waals surface area contributed by atoms with Crippen molar-refractivity contribution in [3.63, 3.8) is 0 Å². The minimum absolute atomic E-state index is 0. The maximum atomic E-state index is 13.6. The summed E-state index contributed by atoms with van der Waals surface area (Å²) in [5.41, 5.74) is 10.1. The van der Waals surface area contributed by atoms with Gasteiger partial charge in [-0.3, -0.25) is 9.36 Å². The normalized spacial score (nSPS) is 18.9. The van der Waals surface area contributed by atoms with Crippen LogP contribution in [-0.2, 0) is 12.6 Å². The van der Waals surface area contributed by atoms with Crippen molar-refractivity contribution in [1.29, 1.82) is 0 Å². The molecule has 7 nitrogen and oxygen atoms in total. The summed E-state index contributed by atoms with van der Waals surface area (Å²) in [5.74, 6) is 1.13. The lowest BCUT2D eigenvalue weighted by Gasteiger charge is -2.38. The minimum Gasteiger partial charge on any atom is -0.437 e. The van der Waals surface area contributed by atoms with Crippen molar-refractivity contribution in [2.45, 2.75) is 37.3 Å². The molecule has 8 heteroatoms. The number of benzene rings is 2. The van der Waals surface area contributed by atoms with Crippen LogP contribution in [0.25, 0.3) is 33.6 Å². The highest BCUT2D eigenvalue weighted by atomic mass is 35.5. The molecule has 0 spiro atoms. The van der Waals surface area contributed by atoms with Crippen LogP contribution in [-0.4, -0.2) is 33.9 Å². The first-order valence-corrected chi connectivity index (χ1v) is 11.9. The highest BCUT2D eigenvalue weighted by Gasteiger charge is 2.34. The average Bonchev–Trinajstić information content (AvgIpc) is 3.44. The third-order valence-electron chi connectivity index (χ3n) is 7.39. The number of aromatic nitrogens is 2. The van der Waals surface area contributed by atoms with Crippen molar-refractivity contribution in [1.82, 2.24) is 9.55 Å². The van der Waals surface area contributed by atoms with Gasteiger partial charge in [0.05, 0.1) is 6.10 Å². The second kappa shape index (κ2) is 8.82. The van der Waals surface area contributed by atoms with E-state index < -0.39 is 6.10 Å². The van der Waals surface area contributed by atoms with Crippen molar-refractivity contribution in [2.75, 3.05) is 18.0 Å². The largest absolute Gasteiger partial charge is 0.437 e. The van der Waals surface area contributed by atoms with Gasteiger partial charge in [0.2, 0.25) is 11.7 Å². The molecule has 3 heterocycles. The molecule has 0 bridgehead atoms. The number of aliphatic hydroxyl groups is 1. The van der Waals surface area contributed by atoms with Gasteiger partial charge in [0, 0.05) is 36.8 Å². The van der Waals surface area contributed by atoms with Crippen LogP contribution in [0.3, 0.4) is 0 Å². The summed E-state index contributed by atoms with van der Waals surface area (Å²) < 4.78 is 7.88. The molecular formula is C27H29ClN4O3. The molecule has 2 fully saturated rings. The number of furan rings is 1. The molecule has 2 aromatic heterocycles. The maximum absolute atomic E-state index is 13.6. The number of β-amino-alcohol motifs (C(OH)–C–C–N with tert-alkyl or cyclic N) is 1. The molecule has 1 saturated heterocycles. The van der Waals surface area contributed by atoms with Gasteiger partial charge in [-0.2, -0.15) is 4.98 Å². The lowest BCUT2D eigenvalue weighted by Crippen LogP contribution is -2.43. The van der Waals surface area contributed by atoms with E-state index in [0.717, 1.165) is 41.5 Å².